The first kappa shape index (κ1) is 17.3. The van der Waals surface area contributed by atoms with Gasteiger partial charge >= 0.3 is 0 Å². The number of carbonyl (C=O) groups is 1. The van der Waals surface area contributed by atoms with Gasteiger partial charge in [-0.25, -0.2) is 0 Å². The van der Waals surface area contributed by atoms with Gasteiger partial charge in [-0.1, -0.05) is 31.0 Å². The average molecular weight is 338 g/mol. The molecule has 1 fully saturated rings. The number of rotatable bonds is 6. The maximum atomic E-state index is 12.3. The van der Waals surface area contributed by atoms with Crippen LogP contribution in [0.15, 0.2) is 54.6 Å². The van der Waals surface area contributed by atoms with Gasteiger partial charge in [0.2, 0.25) is 5.91 Å². The van der Waals surface area contributed by atoms with Crippen LogP contribution in [0.25, 0.3) is 0 Å². The molecule has 1 aliphatic heterocycles. The fraction of sp³-hybridized carbons (Fsp3) is 0.381. The summed E-state index contributed by atoms with van der Waals surface area (Å²) in [6, 6.07) is 17.6. The minimum absolute atomic E-state index is 0.262. The lowest BCUT2D eigenvalue weighted by molar-refractivity contribution is -0.130. The van der Waals surface area contributed by atoms with Crippen LogP contribution >= 0.6 is 0 Å². The second-order valence-electron chi connectivity index (χ2n) is 6.41. The largest absolute Gasteiger partial charge is 0.457 e. The Morgan fingerprint density at radius 3 is 2.20 bits per heavy atom. The van der Waals surface area contributed by atoms with Crippen LogP contribution in [0.5, 0.6) is 11.5 Å². The maximum Gasteiger partial charge on any atom is 0.224 e. The van der Waals surface area contributed by atoms with Crippen molar-refractivity contribution in [1.29, 1.82) is 0 Å². The van der Waals surface area contributed by atoms with Crippen molar-refractivity contribution in [3.8, 4) is 11.5 Å². The summed E-state index contributed by atoms with van der Waals surface area (Å²) in [5, 5.41) is 3.32. The SMILES string of the molecule is O=C(CCNc1ccc(Oc2ccccc2)cc1)N1CCCCCC1. The molecule has 2 aromatic rings. The molecule has 0 radical (unpaired) electrons. The fourth-order valence-electron chi connectivity index (χ4n) is 3.06. The second-order valence-corrected chi connectivity index (χ2v) is 6.41. The normalized spacial score (nSPS) is 14.6. The predicted octanol–water partition coefficient (Wildman–Crippen LogP) is 4.68. The van der Waals surface area contributed by atoms with Crippen molar-refractivity contribution < 1.29 is 9.53 Å². The number of carbonyl (C=O) groups excluding carboxylic acids is 1. The summed E-state index contributed by atoms with van der Waals surface area (Å²) in [5.41, 5.74) is 1.00. The van der Waals surface area contributed by atoms with E-state index in [-0.39, 0.29) is 5.91 Å². The Labute approximate surface area is 149 Å². The molecule has 132 valence electrons. The van der Waals surface area contributed by atoms with Crippen molar-refractivity contribution in [1.82, 2.24) is 4.90 Å². The molecule has 0 unspecified atom stereocenters. The first-order valence-corrected chi connectivity index (χ1v) is 9.16. The highest BCUT2D eigenvalue weighted by Crippen LogP contribution is 2.22. The summed E-state index contributed by atoms with van der Waals surface area (Å²) in [6.07, 6.45) is 5.32. The second kappa shape index (κ2) is 9.11. The minimum Gasteiger partial charge on any atom is -0.457 e. The lowest BCUT2D eigenvalue weighted by Crippen LogP contribution is -2.32. The van der Waals surface area contributed by atoms with E-state index in [0.717, 1.165) is 43.1 Å². The Morgan fingerprint density at radius 1 is 0.880 bits per heavy atom. The van der Waals surface area contributed by atoms with Crippen molar-refractivity contribution in [3.63, 3.8) is 0 Å². The van der Waals surface area contributed by atoms with Crippen LogP contribution in [0.4, 0.5) is 5.69 Å². The monoisotopic (exact) mass is 338 g/mol. The zero-order chi connectivity index (χ0) is 17.3. The molecule has 3 rings (SSSR count). The molecule has 0 aromatic heterocycles. The molecule has 1 heterocycles. The Hall–Kier alpha value is -2.49. The van der Waals surface area contributed by atoms with Crippen molar-refractivity contribution in [2.24, 2.45) is 0 Å². The Bertz CT molecular complexity index is 647. The summed E-state index contributed by atoms with van der Waals surface area (Å²) in [7, 11) is 0. The first-order valence-electron chi connectivity index (χ1n) is 9.16. The third-order valence-electron chi connectivity index (χ3n) is 4.46. The molecule has 25 heavy (non-hydrogen) atoms. The minimum atomic E-state index is 0.262. The van der Waals surface area contributed by atoms with Crippen molar-refractivity contribution in [2.45, 2.75) is 32.1 Å². The van der Waals surface area contributed by atoms with E-state index in [2.05, 4.69) is 5.32 Å². The van der Waals surface area contributed by atoms with E-state index in [0.29, 0.717) is 13.0 Å². The van der Waals surface area contributed by atoms with E-state index in [9.17, 15) is 4.79 Å². The Morgan fingerprint density at radius 2 is 1.52 bits per heavy atom. The van der Waals surface area contributed by atoms with Gasteiger partial charge in [-0.3, -0.25) is 4.79 Å². The van der Waals surface area contributed by atoms with Crippen LogP contribution in [0, 0.1) is 0 Å². The number of hydrogen-bond acceptors (Lipinski definition) is 3. The average Bonchev–Trinajstić information content (AvgIpc) is 2.93. The topological polar surface area (TPSA) is 41.6 Å². The van der Waals surface area contributed by atoms with Gasteiger partial charge in [0.05, 0.1) is 0 Å². The molecule has 2 aromatic carbocycles. The standard InChI is InChI=1S/C21H26N2O2/c24-21(23-16-6-1-2-7-17-23)14-15-22-18-10-12-20(13-11-18)25-19-8-4-3-5-9-19/h3-5,8-13,22H,1-2,6-7,14-17H2. The molecule has 1 N–H and O–H groups in total. The number of amides is 1. The van der Waals surface area contributed by atoms with Gasteiger partial charge in [0, 0.05) is 31.7 Å². The van der Waals surface area contributed by atoms with Crippen molar-refractivity contribution >= 4 is 11.6 Å². The van der Waals surface area contributed by atoms with Crippen LogP contribution in [-0.4, -0.2) is 30.4 Å². The molecular weight excluding hydrogens is 312 g/mol. The van der Waals surface area contributed by atoms with E-state index >= 15 is 0 Å². The highest BCUT2D eigenvalue weighted by molar-refractivity contribution is 5.76. The van der Waals surface area contributed by atoms with Crippen molar-refractivity contribution in [2.75, 3.05) is 25.0 Å². The quantitative estimate of drug-likeness (QED) is 0.831. The van der Waals surface area contributed by atoms with Crippen LogP contribution < -0.4 is 10.1 Å². The van der Waals surface area contributed by atoms with Gasteiger partial charge < -0.3 is 15.0 Å². The highest BCUT2D eigenvalue weighted by atomic mass is 16.5. The number of benzene rings is 2. The van der Waals surface area contributed by atoms with E-state index in [1.54, 1.807) is 0 Å². The zero-order valence-electron chi connectivity index (χ0n) is 14.6. The first-order chi connectivity index (χ1) is 12.3. The summed E-state index contributed by atoms with van der Waals surface area (Å²) >= 11 is 0. The van der Waals surface area contributed by atoms with Gasteiger partial charge in [0.1, 0.15) is 11.5 Å². The molecule has 4 heteroatoms. The maximum absolute atomic E-state index is 12.3. The summed E-state index contributed by atoms with van der Waals surface area (Å²) in [4.78, 5) is 14.3. The molecule has 1 amide bonds. The third-order valence-corrected chi connectivity index (χ3v) is 4.46. The van der Waals surface area contributed by atoms with Crippen LogP contribution in [-0.2, 0) is 4.79 Å². The number of para-hydroxylation sites is 1. The zero-order valence-corrected chi connectivity index (χ0v) is 14.6. The molecule has 0 aliphatic carbocycles. The molecular formula is C21H26N2O2. The van der Waals surface area contributed by atoms with Crippen LogP contribution in [0.2, 0.25) is 0 Å². The summed E-state index contributed by atoms with van der Waals surface area (Å²) < 4.78 is 5.78. The number of nitrogens with one attached hydrogen (secondary N) is 1. The number of likely N-dealkylation sites (tertiary alicyclic amines) is 1. The van der Waals surface area contributed by atoms with Gasteiger partial charge in [0.25, 0.3) is 0 Å². The molecule has 0 spiro atoms. The number of hydrogen-bond donors (Lipinski definition) is 1. The van der Waals surface area contributed by atoms with Crippen LogP contribution in [0.3, 0.4) is 0 Å². The number of anilines is 1. The van der Waals surface area contributed by atoms with Gasteiger partial charge in [-0.15, -0.1) is 0 Å². The van der Waals surface area contributed by atoms with E-state index in [1.807, 2.05) is 59.5 Å². The molecule has 0 saturated carbocycles. The Kier molecular flexibility index (Phi) is 6.32. The predicted molar refractivity (Wildman–Crippen MR) is 101 cm³/mol. The van der Waals surface area contributed by atoms with Gasteiger partial charge in [-0.2, -0.15) is 0 Å². The highest BCUT2D eigenvalue weighted by Gasteiger charge is 2.14. The van der Waals surface area contributed by atoms with E-state index in [4.69, 9.17) is 4.74 Å². The van der Waals surface area contributed by atoms with Crippen molar-refractivity contribution in [3.05, 3.63) is 54.6 Å². The third kappa shape index (κ3) is 5.52. The lowest BCUT2D eigenvalue weighted by atomic mass is 10.2. The van der Waals surface area contributed by atoms with E-state index in [1.165, 1.54) is 12.8 Å². The van der Waals surface area contributed by atoms with E-state index < -0.39 is 0 Å². The smallest absolute Gasteiger partial charge is 0.224 e. The van der Waals surface area contributed by atoms with Crippen LogP contribution in [0.1, 0.15) is 32.1 Å². The lowest BCUT2D eigenvalue weighted by Gasteiger charge is -2.20. The molecule has 0 bridgehead atoms. The van der Waals surface area contributed by atoms with Gasteiger partial charge in [-0.05, 0) is 49.2 Å². The molecule has 1 aliphatic rings. The fourth-order valence-corrected chi connectivity index (χ4v) is 3.06. The summed E-state index contributed by atoms with van der Waals surface area (Å²) in [5.74, 6) is 1.89. The molecule has 4 nitrogen and oxygen atoms in total. The van der Waals surface area contributed by atoms with Gasteiger partial charge in [0.15, 0.2) is 0 Å². The Balaban J connectivity index is 1.43. The summed E-state index contributed by atoms with van der Waals surface area (Å²) in [6.45, 7) is 2.50. The number of ether oxygens (including phenoxy) is 1. The number of nitrogens with zero attached hydrogens (tertiary/aromatic N) is 1. The molecule has 0 atom stereocenters. The molecule has 1 saturated heterocycles.